The number of furan rings is 1. The SMILES string of the molecule is CCC1CCCCC1C(=O)c1coc(C)c1. The van der Waals surface area contributed by atoms with Gasteiger partial charge in [0.1, 0.15) is 12.0 Å². The molecule has 2 rings (SSSR count). The van der Waals surface area contributed by atoms with Gasteiger partial charge in [-0.2, -0.15) is 0 Å². The Hall–Kier alpha value is -1.05. The van der Waals surface area contributed by atoms with Crippen LogP contribution in [0.3, 0.4) is 0 Å². The first-order valence-corrected chi connectivity index (χ1v) is 6.31. The van der Waals surface area contributed by atoms with Gasteiger partial charge in [0.15, 0.2) is 5.78 Å². The summed E-state index contributed by atoms with van der Waals surface area (Å²) in [6.07, 6.45) is 7.48. The second-order valence-electron chi connectivity index (χ2n) is 4.87. The van der Waals surface area contributed by atoms with Gasteiger partial charge in [-0.3, -0.25) is 4.79 Å². The summed E-state index contributed by atoms with van der Waals surface area (Å²) in [5.74, 6) is 1.93. The number of hydrogen-bond acceptors (Lipinski definition) is 2. The summed E-state index contributed by atoms with van der Waals surface area (Å²) in [7, 11) is 0. The van der Waals surface area contributed by atoms with Gasteiger partial charge in [-0.25, -0.2) is 0 Å². The van der Waals surface area contributed by atoms with Crippen LogP contribution >= 0.6 is 0 Å². The van der Waals surface area contributed by atoms with Crippen molar-refractivity contribution in [1.82, 2.24) is 0 Å². The molecular weight excluding hydrogens is 200 g/mol. The van der Waals surface area contributed by atoms with Gasteiger partial charge >= 0.3 is 0 Å². The molecule has 0 aromatic carbocycles. The van der Waals surface area contributed by atoms with Gasteiger partial charge in [0.05, 0.1) is 5.56 Å². The number of Topliss-reactive ketones (excluding diaryl/α,β-unsaturated/α-hetero) is 1. The van der Waals surface area contributed by atoms with Crippen LogP contribution in [-0.4, -0.2) is 5.78 Å². The maximum Gasteiger partial charge on any atom is 0.169 e. The number of carbonyl (C=O) groups excluding carboxylic acids is 1. The van der Waals surface area contributed by atoms with E-state index in [0.717, 1.165) is 24.2 Å². The molecule has 0 spiro atoms. The van der Waals surface area contributed by atoms with Crippen molar-refractivity contribution in [2.75, 3.05) is 0 Å². The van der Waals surface area contributed by atoms with E-state index in [1.165, 1.54) is 19.3 Å². The minimum atomic E-state index is 0.232. The molecule has 0 bridgehead atoms. The van der Waals surface area contributed by atoms with Crippen molar-refractivity contribution in [3.8, 4) is 0 Å². The molecule has 0 N–H and O–H groups in total. The van der Waals surface area contributed by atoms with Crippen molar-refractivity contribution in [3.05, 3.63) is 23.7 Å². The lowest BCUT2D eigenvalue weighted by Gasteiger charge is -2.29. The van der Waals surface area contributed by atoms with E-state index in [-0.39, 0.29) is 5.92 Å². The van der Waals surface area contributed by atoms with E-state index in [9.17, 15) is 4.79 Å². The zero-order valence-corrected chi connectivity index (χ0v) is 10.2. The monoisotopic (exact) mass is 220 g/mol. The molecule has 0 saturated heterocycles. The summed E-state index contributed by atoms with van der Waals surface area (Å²) in [6.45, 7) is 4.08. The lowest BCUT2D eigenvalue weighted by atomic mass is 9.74. The average molecular weight is 220 g/mol. The Bertz CT molecular complexity index is 365. The molecule has 0 aliphatic heterocycles. The van der Waals surface area contributed by atoms with Crippen molar-refractivity contribution >= 4 is 5.78 Å². The Balaban J connectivity index is 2.13. The molecule has 1 saturated carbocycles. The first kappa shape index (κ1) is 11.4. The van der Waals surface area contributed by atoms with E-state index in [0.29, 0.717) is 11.7 Å². The minimum Gasteiger partial charge on any atom is -0.469 e. The van der Waals surface area contributed by atoms with E-state index >= 15 is 0 Å². The zero-order valence-electron chi connectivity index (χ0n) is 10.2. The number of aryl methyl sites for hydroxylation is 1. The summed E-state index contributed by atoms with van der Waals surface area (Å²) >= 11 is 0. The average Bonchev–Trinajstić information content (AvgIpc) is 2.75. The Morgan fingerprint density at radius 3 is 2.81 bits per heavy atom. The van der Waals surface area contributed by atoms with E-state index < -0.39 is 0 Å². The summed E-state index contributed by atoms with van der Waals surface area (Å²) in [6, 6.07) is 1.86. The first-order valence-electron chi connectivity index (χ1n) is 6.31. The topological polar surface area (TPSA) is 30.2 Å². The van der Waals surface area contributed by atoms with Gasteiger partial charge in [0.2, 0.25) is 0 Å². The Kier molecular flexibility index (Phi) is 3.47. The second-order valence-corrected chi connectivity index (χ2v) is 4.87. The highest BCUT2D eigenvalue weighted by molar-refractivity contribution is 5.97. The highest BCUT2D eigenvalue weighted by atomic mass is 16.3. The third-order valence-corrected chi connectivity index (χ3v) is 3.79. The predicted molar refractivity (Wildman–Crippen MR) is 63.5 cm³/mol. The molecule has 1 aliphatic carbocycles. The quantitative estimate of drug-likeness (QED) is 0.721. The van der Waals surface area contributed by atoms with Gasteiger partial charge < -0.3 is 4.42 Å². The maximum absolute atomic E-state index is 12.3. The zero-order chi connectivity index (χ0) is 11.5. The number of carbonyl (C=O) groups is 1. The molecule has 2 atom stereocenters. The first-order chi connectivity index (χ1) is 7.72. The minimum absolute atomic E-state index is 0.232. The molecule has 1 aromatic heterocycles. The van der Waals surface area contributed by atoms with Crippen LogP contribution in [-0.2, 0) is 0 Å². The normalized spacial score (nSPS) is 25.6. The second kappa shape index (κ2) is 4.86. The summed E-state index contributed by atoms with van der Waals surface area (Å²) in [5, 5.41) is 0. The molecule has 2 heteroatoms. The van der Waals surface area contributed by atoms with Gasteiger partial charge in [0, 0.05) is 5.92 Å². The van der Waals surface area contributed by atoms with Crippen molar-refractivity contribution in [2.24, 2.45) is 11.8 Å². The lowest BCUT2D eigenvalue weighted by molar-refractivity contribution is 0.0819. The third kappa shape index (κ3) is 2.21. The van der Waals surface area contributed by atoms with Crippen LogP contribution in [0.15, 0.2) is 16.7 Å². The molecular formula is C14H20O2. The van der Waals surface area contributed by atoms with Crippen molar-refractivity contribution in [1.29, 1.82) is 0 Å². The van der Waals surface area contributed by atoms with Gasteiger partial charge in [0.25, 0.3) is 0 Å². The molecule has 0 radical (unpaired) electrons. The fraction of sp³-hybridized carbons (Fsp3) is 0.643. The van der Waals surface area contributed by atoms with E-state index in [4.69, 9.17) is 4.42 Å². The smallest absolute Gasteiger partial charge is 0.169 e. The lowest BCUT2D eigenvalue weighted by Crippen LogP contribution is -2.26. The predicted octanol–water partition coefficient (Wildman–Crippen LogP) is 3.99. The van der Waals surface area contributed by atoms with Crippen LogP contribution in [0, 0.1) is 18.8 Å². The summed E-state index contributed by atoms with van der Waals surface area (Å²) in [5.41, 5.74) is 0.767. The maximum atomic E-state index is 12.3. The van der Waals surface area contributed by atoms with Gasteiger partial charge in [-0.15, -0.1) is 0 Å². The van der Waals surface area contributed by atoms with Crippen LogP contribution < -0.4 is 0 Å². The Labute approximate surface area is 97.0 Å². The molecule has 1 aromatic rings. The molecule has 2 unspecified atom stereocenters. The Morgan fingerprint density at radius 1 is 1.44 bits per heavy atom. The van der Waals surface area contributed by atoms with Crippen LogP contribution in [0.2, 0.25) is 0 Å². The highest BCUT2D eigenvalue weighted by Gasteiger charge is 2.30. The van der Waals surface area contributed by atoms with Gasteiger partial charge in [-0.05, 0) is 31.7 Å². The van der Waals surface area contributed by atoms with Crippen LogP contribution in [0.5, 0.6) is 0 Å². The number of rotatable bonds is 3. The number of hydrogen-bond donors (Lipinski definition) is 0. The molecule has 1 fully saturated rings. The standard InChI is InChI=1S/C14H20O2/c1-3-11-6-4-5-7-13(11)14(15)12-8-10(2)16-9-12/h8-9,11,13H,3-7H2,1-2H3. The summed E-state index contributed by atoms with van der Waals surface area (Å²) < 4.78 is 5.22. The summed E-state index contributed by atoms with van der Waals surface area (Å²) in [4.78, 5) is 12.3. The fourth-order valence-electron chi connectivity index (χ4n) is 2.83. The molecule has 16 heavy (non-hydrogen) atoms. The van der Waals surface area contributed by atoms with Crippen LogP contribution in [0.25, 0.3) is 0 Å². The fourth-order valence-corrected chi connectivity index (χ4v) is 2.83. The number of ketones is 1. The molecule has 0 amide bonds. The highest BCUT2D eigenvalue weighted by Crippen LogP contribution is 2.34. The third-order valence-electron chi connectivity index (χ3n) is 3.79. The molecule has 2 nitrogen and oxygen atoms in total. The van der Waals surface area contributed by atoms with E-state index in [1.807, 2.05) is 13.0 Å². The molecule has 88 valence electrons. The van der Waals surface area contributed by atoms with Crippen LogP contribution in [0.4, 0.5) is 0 Å². The largest absolute Gasteiger partial charge is 0.469 e. The molecule has 1 heterocycles. The Morgan fingerprint density at radius 2 is 2.19 bits per heavy atom. The van der Waals surface area contributed by atoms with Crippen molar-refractivity contribution in [2.45, 2.75) is 46.0 Å². The van der Waals surface area contributed by atoms with Gasteiger partial charge in [-0.1, -0.05) is 26.2 Å². The van der Waals surface area contributed by atoms with E-state index in [1.54, 1.807) is 6.26 Å². The van der Waals surface area contributed by atoms with Crippen molar-refractivity contribution < 1.29 is 9.21 Å². The molecule has 1 aliphatic rings. The van der Waals surface area contributed by atoms with Crippen LogP contribution in [0.1, 0.15) is 55.1 Å². The van der Waals surface area contributed by atoms with Crippen molar-refractivity contribution in [3.63, 3.8) is 0 Å². The van der Waals surface area contributed by atoms with E-state index in [2.05, 4.69) is 6.92 Å².